The van der Waals surface area contributed by atoms with Gasteiger partial charge in [0, 0.05) is 17.9 Å². The van der Waals surface area contributed by atoms with Crippen LogP contribution >= 0.6 is 12.2 Å². The average molecular weight is 315 g/mol. The minimum atomic E-state index is 0.0737. The van der Waals surface area contributed by atoms with Crippen molar-refractivity contribution in [3.63, 3.8) is 0 Å². The van der Waals surface area contributed by atoms with Crippen LogP contribution in [0.25, 0.3) is 0 Å². The van der Waals surface area contributed by atoms with E-state index in [0.29, 0.717) is 17.1 Å². The second kappa shape index (κ2) is 8.11. The zero-order chi connectivity index (χ0) is 15.8. The van der Waals surface area contributed by atoms with E-state index in [9.17, 15) is 5.11 Å². The molecule has 5 nitrogen and oxygen atoms in total. The first-order valence-electron chi connectivity index (χ1n) is 6.77. The maximum absolute atomic E-state index is 9.62. The van der Waals surface area contributed by atoms with E-state index in [-0.39, 0.29) is 12.4 Å². The van der Waals surface area contributed by atoms with Gasteiger partial charge in [0.25, 0.3) is 0 Å². The highest BCUT2D eigenvalue weighted by atomic mass is 32.1. The van der Waals surface area contributed by atoms with Crippen LogP contribution in [0.5, 0.6) is 5.75 Å². The summed E-state index contributed by atoms with van der Waals surface area (Å²) in [6.45, 7) is 0.0737. The Hall–Kier alpha value is -2.44. The molecule has 0 saturated carbocycles. The Bertz CT molecular complexity index is 674. The molecule has 0 radical (unpaired) electrons. The van der Waals surface area contributed by atoms with Crippen LogP contribution in [-0.2, 0) is 6.42 Å². The van der Waals surface area contributed by atoms with E-state index in [1.807, 2.05) is 30.3 Å². The van der Waals surface area contributed by atoms with Gasteiger partial charge in [-0.05, 0) is 42.4 Å². The number of phenolic OH excluding ortho intramolecular Hbond substituents is 1. The summed E-state index contributed by atoms with van der Waals surface area (Å²) in [6, 6.07) is 14.5. The number of aliphatic hydroxyl groups is 1. The average Bonchev–Trinajstić information content (AvgIpc) is 2.51. The number of aromatic hydroxyl groups is 1. The minimum Gasteiger partial charge on any atom is -0.507 e. The second-order valence-corrected chi connectivity index (χ2v) is 4.92. The molecule has 0 amide bonds. The van der Waals surface area contributed by atoms with Crippen LogP contribution in [0.15, 0.2) is 53.6 Å². The van der Waals surface area contributed by atoms with Crippen LogP contribution in [0, 0.1) is 0 Å². The van der Waals surface area contributed by atoms with E-state index >= 15 is 0 Å². The van der Waals surface area contributed by atoms with E-state index < -0.39 is 0 Å². The van der Waals surface area contributed by atoms with Crippen LogP contribution < -0.4 is 10.7 Å². The first-order chi connectivity index (χ1) is 10.7. The molecular weight excluding hydrogens is 298 g/mol. The summed E-state index contributed by atoms with van der Waals surface area (Å²) in [4.78, 5) is 0. The van der Waals surface area contributed by atoms with Gasteiger partial charge in [0.1, 0.15) is 5.75 Å². The fourth-order valence-electron chi connectivity index (χ4n) is 1.89. The highest BCUT2D eigenvalue weighted by Gasteiger charge is 2.02. The highest BCUT2D eigenvalue weighted by molar-refractivity contribution is 7.80. The molecule has 2 aromatic carbocycles. The number of rotatable bonds is 5. The number of para-hydroxylation sites is 2. The van der Waals surface area contributed by atoms with Gasteiger partial charge in [-0.15, -0.1) is 0 Å². The molecular formula is C16H17N3O2S. The highest BCUT2D eigenvalue weighted by Crippen LogP contribution is 2.15. The van der Waals surface area contributed by atoms with Crippen LogP contribution in [-0.4, -0.2) is 28.1 Å². The smallest absolute Gasteiger partial charge is 0.191 e. The molecule has 2 aromatic rings. The number of aliphatic hydroxyl groups excluding tert-OH is 1. The van der Waals surface area contributed by atoms with Crippen molar-refractivity contribution in [2.75, 3.05) is 11.9 Å². The Morgan fingerprint density at radius 2 is 1.86 bits per heavy atom. The summed E-state index contributed by atoms with van der Waals surface area (Å²) in [6.07, 6.45) is 2.04. The lowest BCUT2D eigenvalue weighted by Gasteiger charge is -2.11. The van der Waals surface area contributed by atoms with Gasteiger partial charge in [-0.25, -0.2) is 0 Å². The van der Waals surface area contributed by atoms with Gasteiger partial charge in [-0.3, -0.25) is 5.43 Å². The van der Waals surface area contributed by atoms with Crippen molar-refractivity contribution >= 4 is 29.2 Å². The quantitative estimate of drug-likeness (QED) is 0.387. The van der Waals surface area contributed by atoms with Gasteiger partial charge in [0.15, 0.2) is 5.11 Å². The third-order valence-corrected chi connectivity index (χ3v) is 3.15. The number of nitrogens with one attached hydrogen (secondary N) is 2. The van der Waals surface area contributed by atoms with Gasteiger partial charge in [-0.2, -0.15) is 5.10 Å². The standard InChI is InChI=1S/C16H17N3O2S/c20-10-9-12-5-1-3-7-14(12)18-16(22)19-17-11-13-6-2-4-8-15(13)21/h1-8,11,20-21H,9-10H2,(H2,18,19,22)/b17-11+. The molecule has 0 unspecified atom stereocenters. The Labute approximate surface area is 134 Å². The van der Waals surface area contributed by atoms with Crippen LogP contribution in [0.4, 0.5) is 5.69 Å². The molecule has 2 rings (SSSR count). The second-order valence-electron chi connectivity index (χ2n) is 4.51. The molecule has 0 aliphatic heterocycles. The fraction of sp³-hybridized carbons (Fsp3) is 0.125. The number of hydrogen-bond donors (Lipinski definition) is 4. The van der Waals surface area contributed by atoms with E-state index in [0.717, 1.165) is 11.3 Å². The third-order valence-electron chi connectivity index (χ3n) is 2.95. The van der Waals surface area contributed by atoms with Crippen molar-refractivity contribution in [1.82, 2.24) is 5.43 Å². The summed E-state index contributed by atoms with van der Waals surface area (Å²) < 4.78 is 0. The van der Waals surface area contributed by atoms with E-state index in [4.69, 9.17) is 17.3 Å². The van der Waals surface area contributed by atoms with Gasteiger partial charge >= 0.3 is 0 Å². The normalized spacial score (nSPS) is 10.6. The Balaban J connectivity index is 1.95. The number of anilines is 1. The molecule has 0 aliphatic rings. The topological polar surface area (TPSA) is 76.9 Å². The number of benzene rings is 2. The first-order valence-corrected chi connectivity index (χ1v) is 7.18. The van der Waals surface area contributed by atoms with Crippen molar-refractivity contribution < 1.29 is 10.2 Å². The zero-order valence-corrected chi connectivity index (χ0v) is 12.7. The summed E-state index contributed by atoms with van der Waals surface area (Å²) in [7, 11) is 0. The monoisotopic (exact) mass is 315 g/mol. The summed E-state index contributed by atoms with van der Waals surface area (Å²) >= 11 is 5.17. The molecule has 0 fully saturated rings. The van der Waals surface area contributed by atoms with Crippen molar-refractivity contribution in [3.8, 4) is 5.75 Å². The zero-order valence-electron chi connectivity index (χ0n) is 11.9. The van der Waals surface area contributed by atoms with Crippen LogP contribution in [0.3, 0.4) is 0 Å². The third kappa shape index (κ3) is 4.54. The van der Waals surface area contributed by atoms with E-state index in [1.54, 1.807) is 18.2 Å². The molecule has 0 heterocycles. The van der Waals surface area contributed by atoms with E-state index in [2.05, 4.69) is 15.8 Å². The molecule has 0 saturated heterocycles. The van der Waals surface area contributed by atoms with Crippen molar-refractivity contribution in [2.24, 2.45) is 5.10 Å². The summed E-state index contributed by atoms with van der Waals surface area (Å²) in [5, 5.41) is 26.0. The lowest BCUT2D eigenvalue weighted by atomic mass is 10.1. The molecule has 0 aliphatic carbocycles. The summed E-state index contributed by atoms with van der Waals surface area (Å²) in [5.74, 6) is 0.153. The number of thiocarbonyl (C=S) groups is 1. The Morgan fingerprint density at radius 1 is 1.14 bits per heavy atom. The lowest BCUT2D eigenvalue weighted by Crippen LogP contribution is -2.24. The molecule has 114 valence electrons. The molecule has 6 heteroatoms. The molecule has 0 atom stereocenters. The van der Waals surface area contributed by atoms with Gasteiger partial charge in [0.2, 0.25) is 0 Å². The molecule has 0 aromatic heterocycles. The van der Waals surface area contributed by atoms with Crippen molar-refractivity contribution in [3.05, 3.63) is 59.7 Å². The van der Waals surface area contributed by atoms with Crippen molar-refractivity contribution in [2.45, 2.75) is 6.42 Å². The van der Waals surface area contributed by atoms with Crippen molar-refractivity contribution in [1.29, 1.82) is 0 Å². The number of hydrazone groups is 1. The summed E-state index contributed by atoms with van der Waals surface area (Å²) in [5.41, 5.74) is 5.09. The van der Waals surface area contributed by atoms with Gasteiger partial charge in [-0.1, -0.05) is 30.3 Å². The van der Waals surface area contributed by atoms with E-state index in [1.165, 1.54) is 6.21 Å². The largest absolute Gasteiger partial charge is 0.507 e. The predicted octanol–water partition coefficient (Wildman–Crippen LogP) is 2.25. The van der Waals surface area contributed by atoms with Gasteiger partial charge in [0.05, 0.1) is 6.21 Å². The lowest BCUT2D eigenvalue weighted by molar-refractivity contribution is 0.300. The molecule has 0 bridgehead atoms. The molecule has 0 spiro atoms. The fourth-order valence-corrected chi connectivity index (χ4v) is 2.05. The van der Waals surface area contributed by atoms with Gasteiger partial charge < -0.3 is 15.5 Å². The SMILES string of the molecule is OCCc1ccccc1NC(=S)N/N=C/c1ccccc1O. The van der Waals surface area contributed by atoms with Crippen LogP contribution in [0.1, 0.15) is 11.1 Å². The maximum atomic E-state index is 9.62. The molecule has 22 heavy (non-hydrogen) atoms. The Morgan fingerprint density at radius 3 is 2.64 bits per heavy atom. The number of nitrogens with zero attached hydrogens (tertiary/aromatic N) is 1. The Kier molecular flexibility index (Phi) is 5.88. The molecule has 4 N–H and O–H groups in total. The maximum Gasteiger partial charge on any atom is 0.191 e. The van der Waals surface area contributed by atoms with Crippen LogP contribution in [0.2, 0.25) is 0 Å². The number of hydrogen-bond acceptors (Lipinski definition) is 4. The first kappa shape index (κ1) is 15.9. The number of phenols is 1. The predicted molar refractivity (Wildman–Crippen MR) is 92.3 cm³/mol. The minimum absolute atomic E-state index is 0.0737.